The summed E-state index contributed by atoms with van der Waals surface area (Å²) < 4.78 is 27.2. The van der Waals surface area contributed by atoms with E-state index in [4.69, 9.17) is 0 Å². The van der Waals surface area contributed by atoms with Gasteiger partial charge in [0, 0.05) is 25.8 Å². The fourth-order valence-corrected chi connectivity index (χ4v) is 3.98. The number of hydrogen-bond donors (Lipinski definition) is 1. The molecule has 2 aliphatic carbocycles. The summed E-state index contributed by atoms with van der Waals surface area (Å²) in [6.45, 7) is 1.40. The van der Waals surface area contributed by atoms with E-state index in [1.807, 2.05) is 19.2 Å². The molecule has 0 bridgehead atoms. The summed E-state index contributed by atoms with van der Waals surface area (Å²) in [5.74, 6) is 1.17. The molecule has 0 heterocycles. The van der Waals surface area contributed by atoms with Crippen LogP contribution in [0.3, 0.4) is 0 Å². The van der Waals surface area contributed by atoms with Crippen LogP contribution in [0.5, 0.6) is 0 Å². The Balaban J connectivity index is 1.81. The lowest BCUT2D eigenvalue weighted by molar-refractivity contribution is 0.382. The molecule has 4 nitrogen and oxygen atoms in total. The summed E-state index contributed by atoms with van der Waals surface area (Å²) in [4.78, 5) is 0.415. The van der Waals surface area contributed by atoms with Crippen molar-refractivity contribution in [3.05, 3.63) is 24.3 Å². The number of nitrogens with one attached hydrogen (secondary N) is 1. The van der Waals surface area contributed by atoms with Gasteiger partial charge in [-0.15, -0.1) is 0 Å². The molecule has 0 aliphatic heterocycles. The van der Waals surface area contributed by atoms with Gasteiger partial charge in [0.05, 0.1) is 4.90 Å². The number of anilines is 1. The lowest BCUT2D eigenvalue weighted by atomic mass is 10.3. The Hall–Kier alpha value is -1.07. The lowest BCUT2D eigenvalue weighted by Gasteiger charge is -2.22. The first-order valence-corrected chi connectivity index (χ1v) is 8.81. The predicted octanol–water partition coefficient (Wildman–Crippen LogP) is 2.54. The number of benzene rings is 1. The molecular formula is C15H22N2O2S. The minimum absolute atomic E-state index is 0.415. The van der Waals surface area contributed by atoms with Crippen LogP contribution in [-0.4, -0.2) is 32.9 Å². The Morgan fingerprint density at radius 3 is 1.95 bits per heavy atom. The molecule has 3 rings (SSSR count). The Kier molecular flexibility index (Phi) is 3.73. The van der Waals surface area contributed by atoms with E-state index >= 15 is 0 Å². The molecule has 2 saturated carbocycles. The highest BCUT2D eigenvalue weighted by Crippen LogP contribution is 2.36. The average Bonchev–Trinajstić information content (AvgIpc) is 3.33. The smallest absolute Gasteiger partial charge is 0.243 e. The molecule has 0 unspecified atom stereocenters. The third-order valence-corrected chi connectivity index (χ3v) is 5.94. The van der Waals surface area contributed by atoms with E-state index < -0.39 is 10.0 Å². The van der Waals surface area contributed by atoms with E-state index in [1.165, 1.54) is 25.7 Å². The molecule has 1 N–H and O–H groups in total. The zero-order valence-electron chi connectivity index (χ0n) is 11.9. The Morgan fingerprint density at radius 2 is 1.55 bits per heavy atom. The average molecular weight is 294 g/mol. The van der Waals surface area contributed by atoms with Crippen LogP contribution >= 0.6 is 0 Å². The molecule has 0 saturated heterocycles. The highest BCUT2D eigenvalue weighted by atomic mass is 32.2. The molecule has 1 aromatic carbocycles. The lowest BCUT2D eigenvalue weighted by Crippen LogP contribution is -2.34. The first kappa shape index (κ1) is 13.9. The number of rotatable bonds is 7. The van der Waals surface area contributed by atoms with Crippen molar-refractivity contribution in [2.24, 2.45) is 11.8 Å². The minimum Gasteiger partial charge on any atom is -0.388 e. The van der Waals surface area contributed by atoms with Gasteiger partial charge in [-0.3, -0.25) is 0 Å². The van der Waals surface area contributed by atoms with Crippen LogP contribution in [-0.2, 0) is 10.0 Å². The molecular weight excluding hydrogens is 272 g/mol. The van der Waals surface area contributed by atoms with Crippen molar-refractivity contribution >= 4 is 15.7 Å². The van der Waals surface area contributed by atoms with E-state index in [0.29, 0.717) is 29.8 Å². The van der Waals surface area contributed by atoms with E-state index in [2.05, 4.69) is 5.32 Å². The van der Waals surface area contributed by atoms with Gasteiger partial charge < -0.3 is 5.32 Å². The zero-order valence-corrected chi connectivity index (χ0v) is 12.7. The Labute approximate surface area is 121 Å². The fourth-order valence-electron chi connectivity index (χ4n) is 2.39. The maximum absolute atomic E-state index is 12.8. The number of hydrogen-bond acceptors (Lipinski definition) is 3. The molecule has 0 amide bonds. The summed E-state index contributed by atoms with van der Waals surface area (Å²) in [6, 6.07) is 7.04. The van der Waals surface area contributed by atoms with Crippen LogP contribution < -0.4 is 5.32 Å². The third kappa shape index (κ3) is 3.15. The molecule has 2 fully saturated rings. The highest BCUT2D eigenvalue weighted by Gasteiger charge is 2.35. The van der Waals surface area contributed by atoms with Gasteiger partial charge in [-0.1, -0.05) is 0 Å². The Morgan fingerprint density at radius 1 is 1.05 bits per heavy atom. The SMILES string of the molecule is CNc1ccc(S(=O)(=O)N(CC2CC2)CC2CC2)cc1. The van der Waals surface area contributed by atoms with Crippen LogP contribution in [0.2, 0.25) is 0 Å². The van der Waals surface area contributed by atoms with Gasteiger partial charge in [-0.25, -0.2) is 8.42 Å². The summed E-state index contributed by atoms with van der Waals surface area (Å²) in [7, 11) is -1.50. The van der Waals surface area contributed by atoms with Crippen molar-refractivity contribution < 1.29 is 8.42 Å². The van der Waals surface area contributed by atoms with Crippen LogP contribution in [0.1, 0.15) is 25.7 Å². The second-order valence-electron chi connectivity index (χ2n) is 5.98. The van der Waals surface area contributed by atoms with Gasteiger partial charge in [0.1, 0.15) is 0 Å². The molecule has 2 aliphatic rings. The summed E-state index contributed by atoms with van der Waals surface area (Å²) in [6.07, 6.45) is 4.70. The predicted molar refractivity (Wildman–Crippen MR) is 80.2 cm³/mol. The number of nitrogens with zero attached hydrogens (tertiary/aromatic N) is 1. The van der Waals surface area contributed by atoms with Crippen molar-refractivity contribution in [2.45, 2.75) is 30.6 Å². The van der Waals surface area contributed by atoms with Gasteiger partial charge in [-0.2, -0.15) is 4.31 Å². The van der Waals surface area contributed by atoms with Gasteiger partial charge in [0.2, 0.25) is 10.0 Å². The molecule has 0 radical (unpaired) electrons. The standard InChI is InChI=1S/C15H22N2O2S/c1-16-14-6-8-15(9-7-14)20(18,19)17(10-12-2-3-12)11-13-4-5-13/h6-9,12-13,16H,2-5,10-11H2,1H3. The first-order chi connectivity index (χ1) is 9.59. The normalized spacial score (nSPS) is 19.3. The van der Waals surface area contributed by atoms with Gasteiger partial charge >= 0.3 is 0 Å². The largest absolute Gasteiger partial charge is 0.388 e. The fraction of sp³-hybridized carbons (Fsp3) is 0.600. The zero-order chi connectivity index (χ0) is 14.2. The molecule has 1 aromatic rings. The number of sulfonamides is 1. The Bertz CT molecular complexity index is 546. The van der Waals surface area contributed by atoms with E-state index in [9.17, 15) is 8.42 Å². The molecule has 0 spiro atoms. The quantitative estimate of drug-likeness (QED) is 0.840. The minimum atomic E-state index is -3.33. The maximum atomic E-state index is 12.8. The van der Waals surface area contributed by atoms with Crippen molar-refractivity contribution in [1.82, 2.24) is 4.31 Å². The molecule has 110 valence electrons. The topological polar surface area (TPSA) is 49.4 Å². The van der Waals surface area contributed by atoms with E-state index in [-0.39, 0.29) is 0 Å². The van der Waals surface area contributed by atoms with Gasteiger partial charge in [0.25, 0.3) is 0 Å². The molecule has 20 heavy (non-hydrogen) atoms. The summed E-state index contributed by atoms with van der Waals surface area (Å²) >= 11 is 0. The monoisotopic (exact) mass is 294 g/mol. The molecule has 0 aromatic heterocycles. The van der Waals surface area contributed by atoms with Gasteiger partial charge in [0.15, 0.2) is 0 Å². The molecule has 5 heteroatoms. The maximum Gasteiger partial charge on any atom is 0.243 e. The van der Waals surface area contributed by atoms with Gasteiger partial charge in [-0.05, 0) is 61.8 Å². The summed E-state index contributed by atoms with van der Waals surface area (Å²) in [5.41, 5.74) is 0.930. The highest BCUT2D eigenvalue weighted by molar-refractivity contribution is 7.89. The van der Waals surface area contributed by atoms with Crippen molar-refractivity contribution in [3.8, 4) is 0 Å². The van der Waals surface area contributed by atoms with Crippen molar-refractivity contribution in [1.29, 1.82) is 0 Å². The van der Waals surface area contributed by atoms with Crippen molar-refractivity contribution in [2.75, 3.05) is 25.5 Å². The first-order valence-electron chi connectivity index (χ1n) is 7.37. The second-order valence-corrected chi connectivity index (χ2v) is 7.92. The second kappa shape index (κ2) is 5.37. The van der Waals surface area contributed by atoms with Crippen LogP contribution in [0.15, 0.2) is 29.2 Å². The van der Waals surface area contributed by atoms with E-state index in [1.54, 1.807) is 16.4 Å². The van der Waals surface area contributed by atoms with Crippen LogP contribution in [0.4, 0.5) is 5.69 Å². The third-order valence-electron chi connectivity index (χ3n) is 4.10. The van der Waals surface area contributed by atoms with Crippen LogP contribution in [0.25, 0.3) is 0 Å². The molecule has 0 atom stereocenters. The van der Waals surface area contributed by atoms with Crippen molar-refractivity contribution in [3.63, 3.8) is 0 Å². The van der Waals surface area contributed by atoms with E-state index in [0.717, 1.165) is 5.69 Å². The summed E-state index contributed by atoms with van der Waals surface area (Å²) in [5, 5.41) is 3.01. The van der Waals surface area contributed by atoms with Crippen LogP contribution in [0, 0.1) is 11.8 Å².